The Balaban J connectivity index is 1.95. The Morgan fingerprint density at radius 1 is 1.44 bits per heavy atom. The molecule has 0 spiro atoms. The minimum Gasteiger partial charge on any atom is -0.444 e. The smallest absolute Gasteiger partial charge is 0.408 e. The molecule has 2 rings (SSSR count). The number of halogens is 1. The summed E-state index contributed by atoms with van der Waals surface area (Å²) >= 11 is 3.37. The van der Waals surface area contributed by atoms with Crippen LogP contribution in [0.15, 0.2) is 22.8 Å². The normalized spacial score (nSPS) is 19.3. The number of carbonyl (C=O) groups is 1. The highest BCUT2D eigenvalue weighted by Gasteiger charge is 2.22. The van der Waals surface area contributed by atoms with Crippen molar-refractivity contribution >= 4 is 22.0 Å². The highest BCUT2D eigenvalue weighted by Crippen LogP contribution is 2.20. The van der Waals surface area contributed by atoms with Gasteiger partial charge in [-0.05, 0) is 74.5 Å². The lowest BCUT2D eigenvalue weighted by Gasteiger charge is -2.25. The molecule has 1 aliphatic rings. The van der Waals surface area contributed by atoms with Gasteiger partial charge in [0, 0.05) is 6.61 Å². The van der Waals surface area contributed by atoms with Crippen molar-refractivity contribution in [3.05, 3.63) is 28.5 Å². The lowest BCUT2D eigenvalue weighted by atomic mass is 10.1. The Morgan fingerprint density at radius 3 is 2.88 bits per heavy atom. The maximum absolute atomic E-state index is 12.2. The number of nitrogens with one attached hydrogen (secondary N) is 1. The number of carbonyl (C=O) groups excluding carboxylic acids is 1. The van der Waals surface area contributed by atoms with Crippen LogP contribution in [0.25, 0.3) is 0 Å². The molecule has 1 saturated heterocycles. The molecule has 1 aliphatic heterocycles. The second-order valence-corrected chi connectivity index (χ2v) is 7.85. The predicted octanol–water partition coefficient (Wildman–Crippen LogP) is 4.34. The Kier molecular flexibility index (Phi) is 7.65. The molecule has 0 aliphatic carbocycles. The van der Waals surface area contributed by atoms with Crippen molar-refractivity contribution in [2.45, 2.75) is 64.4 Å². The summed E-state index contributed by atoms with van der Waals surface area (Å²) < 4.78 is 17.4. The number of hydrogen-bond donors (Lipinski definition) is 1. The topological polar surface area (TPSA) is 69.7 Å². The van der Waals surface area contributed by atoms with E-state index in [9.17, 15) is 4.79 Å². The van der Waals surface area contributed by atoms with Crippen LogP contribution < -0.4 is 5.32 Å². The van der Waals surface area contributed by atoms with E-state index in [0.717, 1.165) is 36.2 Å². The van der Waals surface area contributed by atoms with Gasteiger partial charge in [-0.25, -0.2) is 9.78 Å². The van der Waals surface area contributed by atoms with E-state index in [2.05, 4.69) is 26.2 Å². The number of pyridine rings is 1. The Bertz CT molecular complexity index is 556. The summed E-state index contributed by atoms with van der Waals surface area (Å²) in [6.07, 6.45) is 3.10. The summed E-state index contributed by atoms with van der Waals surface area (Å²) in [6.45, 7) is 6.73. The first-order valence-electron chi connectivity index (χ1n) is 8.69. The first-order valence-corrected chi connectivity index (χ1v) is 9.48. The standard InChI is InChI=1S/C18H27BrN2O4/c1-18(2,3)25-17(22)21-14(13-7-6-8-15(19)20-13)10-12-24-16-9-4-5-11-23-16/h6-8,14,16H,4-5,9-12H2,1-3H3,(H,21,22). The molecule has 1 amide bonds. The molecule has 2 atom stereocenters. The molecule has 1 aromatic rings. The van der Waals surface area contributed by atoms with Crippen molar-refractivity contribution in [2.75, 3.05) is 13.2 Å². The van der Waals surface area contributed by atoms with Crippen molar-refractivity contribution in [1.82, 2.24) is 10.3 Å². The molecule has 0 aromatic carbocycles. The van der Waals surface area contributed by atoms with Gasteiger partial charge in [-0.3, -0.25) is 0 Å². The summed E-state index contributed by atoms with van der Waals surface area (Å²) in [4.78, 5) is 16.6. The predicted molar refractivity (Wildman–Crippen MR) is 98.2 cm³/mol. The quantitative estimate of drug-likeness (QED) is 0.700. The van der Waals surface area contributed by atoms with Crippen LogP contribution >= 0.6 is 15.9 Å². The van der Waals surface area contributed by atoms with Gasteiger partial charge in [0.1, 0.15) is 10.2 Å². The van der Waals surface area contributed by atoms with Crippen LogP contribution in [0.1, 0.15) is 58.2 Å². The van der Waals surface area contributed by atoms with Gasteiger partial charge in [-0.1, -0.05) is 6.07 Å². The third-order valence-electron chi connectivity index (χ3n) is 3.63. The second-order valence-electron chi connectivity index (χ2n) is 7.04. The number of aromatic nitrogens is 1. The van der Waals surface area contributed by atoms with E-state index >= 15 is 0 Å². The van der Waals surface area contributed by atoms with Gasteiger partial charge in [0.05, 0.1) is 18.3 Å². The molecule has 1 aromatic heterocycles. The van der Waals surface area contributed by atoms with Crippen LogP contribution in [0.5, 0.6) is 0 Å². The number of ether oxygens (including phenoxy) is 3. The van der Waals surface area contributed by atoms with Gasteiger partial charge in [0.15, 0.2) is 6.29 Å². The largest absolute Gasteiger partial charge is 0.444 e. The first kappa shape index (κ1) is 20.1. The highest BCUT2D eigenvalue weighted by molar-refractivity contribution is 9.10. The van der Waals surface area contributed by atoms with Gasteiger partial charge < -0.3 is 19.5 Å². The fourth-order valence-corrected chi connectivity index (χ4v) is 2.88. The zero-order chi connectivity index (χ0) is 18.3. The fourth-order valence-electron chi connectivity index (χ4n) is 2.52. The van der Waals surface area contributed by atoms with Crippen LogP contribution in [0, 0.1) is 0 Å². The number of nitrogens with zero attached hydrogens (tertiary/aromatic N) is 1. The van der Waals surface area contributed by atoms with E-state index in [0.29, 0.717) is 13.0 Å². The van der Waals surface area contributed by atoms with Crippen LogP contribution in [-0.4, -0.2) is 36.2 Å². The molecule has 0 radical (unpaired) electrons. The molecule has 0 saturated carbocycles. The summed E-state index contributed by atoms with van der Waals surface area (Å²) in [5.41, 5.74) is 0.208. The average Bonchev–Trinajstić information content (AvgIpc) is 2.53. The van der Waals surface area contributed by atoms with Crippen molar-refractivity contribution in [1.29, 1.82) is 0 Å². The number of amides is 1. The average molecular weight is 415 g/mol. The van der Waals surface area contributed by atoms with E-state index in [1.807, 2.05) is 39.0 Å². The van der Waals surface area contributed by atoms with Crippen molar-refractivity contribution < 1.29 is 19.0 Å². The monoisotopic (exact) mass is 414 g/mol. The van der Waals surface area contributed by atoms with Crippen molar-refractivity contribution in [3.8, 4) is 0 Å². The van der Waals surface area contributed by atoms with Crippen molar-refractivity contribution in [2.24, 2.45) is 0 Å². The molecule has 0 bridgehead atoms. The Labute approximate surface area is 157 Å². The number of rotatable bonds is 6. The van der Waals surface area contributed by atoms with E-state index in [-0.39, 0.29) is 12.3 Å². The Hall–Kier alpha value is -1.18. The maximum atomic E-state index is 12.2. The maximum Gasteiger partial charge on any atom is 0.408 e. The fraction of sp³-hybridized carbons (Fsp3) is 0.667. The lowest BCUT2D eigenvalue weighted by Crippen LogP contribution is -2.36. The van der Waals surface area contributed by atoms with Gasteiger partial charge in [0.2, 0.25) is 0 Å². The van der Waals surface area contributed by atoms with Crippen molar-refractivity contribution in [3.63, 3.8) is 0 Å². The molecule has 7 heteroatoms. The first-order chi connectivity index (χ1) is 11.8. The molecular weight excluding hydrogens is 388 g/mol. The summed E-state index contributed by atoms with van der Waals surface area (Å²) in [5, 5.41) is 2.89. The number of alkyl carbamates (subject to hydrolysis) is 1. The summed E-state index contributed by atoms with van der Waals surface area (Å²) in [7, 11) is 0. The molecule has 140 valence electrons. The zero-order valence-corrected chi connectivity index (χ0v) is 16.7. The molecule has 1 N–H and O–H groups in total. The molecule has 2 heterocycles. The summed E-state index contributed by atoms with van der Waals surface area (Å²) in [6, 6.07) is 5.32. The molecule has 25 heavy (non-hydrogen) atoms. The van der Waals surface area contributed by atoms with Crippen LogP contribution in [0.4, 0.5) is 4.79 Å². The van der Waals surface area contributed by atoms with Gasteiger partial charge >= 0.3 is 6.09 Å². The van der Waals surface area contributed by atoms with Crippen LogP contribution in [0.3, 0.4) is 0 Å². The third-order valence-corrected chi connectivity index (χ3v) is 4.07. The minimum atomic E-state index is -0.550. The van der Waals surface area contributed by atoms with E-state index in [4.69, 9.17) is 14.2 Å². The zero-order valence-electron chi connectivity index (χ0n) is 15.1. The summed E-state index contributed by atoms with van der Waals surface area (Å²) in [5.74, 6) is 0. The molecule has 6 nitrogen and oxygen atoms in total. The van der Waals surface area contributed by atoms with Gasteiger partial charge in [-0.2, -0.15) is 0 Å². The molecule has 1 fully saturated rings. The second kappa shape index (κ2) is 9.50. The number of hydrogen-bond acceptors (Lipinski definition) is 5. The van der Waals surface area contributed by atoms with Gasteiger partial charge in [-0.15, -0.1) is 0 Å². The minimum absolute atomic E-state index is 0.147. The Morgan fingerprint density at radius 2 is 2.24 bits per heavy atom. The van der Waals surface area contributed by atoms with Gasteiger partial charge in [0.25, 0.3) is 0 Å². The molecule has 2 unspecified atom stereocenters. The van der Waals surface area contributed by atoms with E-state index in [1.165, 1.54) is 0 Å². The van der Waals surface area contributed by atoms with E-state index in [1.54, 1.807) is 0 Å². The van der Waals surface area contributed by atoms with Crippen LogP contribution in [-0.2, 0) is 14.2 Å². The van der Waals surface area contributed by atoms with Crippen LogP contribution in [0.2, 0.25) is 0 Å². The SMILES string of the molecule is CC(C)(C)OC(=O)NC(CCOC1CCCCO1)c1cccc(Br)n1. The highest BCUT2D eigenvalue weighted by atomic mass is 79.9. The third kappa shape index (κ3) is 7.71. The lowest BCUT2D eigenvalue weighted by molar-refractivity contribution is -0.163. The van der Waals surface area contributed by atoms with E-state index < -0.39 is 11.7 Å². The molecular formula is C18H27BrN2O4.